The van der Waals surface area contributed by atoms with Crippen molar-refractivity contribution in [1.82, 2.24) is 4.90 Å². The number of nitrogens with two attached hydrogens (primary N) is 1. The third-order valence-electron chi connectivity index (χ3n) is 4.20. The van der Waals surface area contributed by atoms with Crippen LogP contribution in [-0.4, -0.2) is 37.7 Å². The molecule has 2 rings (SSSR count). The molecule has 1 aliphatic carbocycles. The second-order valence-corrected chi connectivity index (χ2v) is 5.69. The normalized spacial score (nSPS) is 18.2. The van der Waals surface area contributed by atoms with E-state index < -0.39 is 0 Å². The molecule has 1 aromatic rings. The summed E-state index contributed by atoms with van der Waals surface area (Å²) in [6.07, 6.45) is 2.58. The monoisotopic (exact) mass is 280 g/mol. The van der Waals surface area contributed by atoms with Crippen molar-refractivity contribution in [1.29, 1.82) is 0 Å². The van der Waals surface area contributed by atoms with E-state index in [0.29, 0.717) is 24.8 Å². The summed E-state index contributed by atoms with van der Waals surface area (Å²) in [6.45, 7) is 4.43. The SMILES string of the molecule is COCCN(CC(N)c1ccccc1F)C(C)C1CC1. The van der Waals surface area contributed by atoms with Gasteiger partial charge in [0.05, 0.1) is 6.61 Å². The summed E-state index contributed by atoms with van der Waals surface area (Å²) in [4.78, 5) is 2.33. The van der Waals surface area contributed by atoms with Gasteiger partial charge in [0.15, 0.2) is 0 Å². The molecule has 20 heavy (non-hydrogen) atoms. The maximum Gasteiger partial charge on any atom is 0.128 e. The largest absolute Gasteiger partial charge is 0.383 e. The van der Waals surface area contributed by atoms with Crippen LogP contribution >= 0.6 is 0 Å². The number of benzene rings is 1. The van der Waals surface area contributed by atoms with E-state index in [2.05, 4.69) is 11.8 Å². The van der Waals surface area contributed by atoms with Crippen molar-refractivity contribution < 1.29 is 9.13 Å². The molecule has 0 amide bonds. The van der Waals surface area contributed by atoms with Gasteiger partial charge in [0.2, 0.25) is 0 Å². The van der Waals surface area contributed by atoms with Crippen LogP contribution in [0.1, 0.15) is 31.4 Å². The van der Waals surface area contributed by atoms with Crippen LogP contribution < -0.4 is 5.73 Å². The van der Waals surface area contributed by atoms with Gasteiger partial charge < -0.3 is 10.5 Å². The lowest BCUT2D eigenvalue weighted by Gasteiger charge is -2.31. The molecule has 0 aliphatic heterocycles. The van der Waals surface area contributed by atoms with Crippen molar-refractivity contribution in [2.75, 3.05) is 26.8 Å². The summed E-state index contributed by atoms with van der Waals surface area (Å²) < 4.78 is 19.0. The minimum atomic E-state index is -0.297. The fourth-order valence-electron chi connectivity index (χ4n) is 2.67. The zero-order valence-corrected chi connectivity index (χ0v) is 12.4. The minimum absolute atomic E-state index is 0.217. The van der Waals surface area contributed by atoms with E-state index in [1.807, 2.05) is 6.07 Å². The molecule has 0 aromatic heterocycles. The van der Waals surface area contributed by atoms with Crippen LogP contribution in [0.2, 0.25) is 0 Å². The Hall–Kier alpha value is -0.970. The zero-order chi connectivity index (χ0) is 14.5. The molecule has 3 nitrogen and oxygen atoms in total. The maximum absolute atomic E-state index is 13.8. The maximum atomic E-state index is 13.8. The lowest BCUT2D eigenvalue weighted by Crippen LogP contribution is -2.41. The molecule has 0 radical (unpaired) electrons. The lowest BCUT2D eigenvalue weighted by atomic mass is 10.0. The first kappa shape index (κ1) is 15.4. The van der Waals surface area contributed by atoms with Crippen LogP contribution in [0, 0.1) is 11.7 Å². The molecule has 2 atom stereocenters. The summed E-state index contributed by atoms with van der Waals surface area (Å²) in [5.74, 6) is 0.547. The van der Waals surface area contributed by atoms with E-state index in [1.165, 1.54) is 18.9 Å². The first-order valence-corrected chi connectivity index (χ1v) is 7.36. The summed E-state index contributed by atoms with van der Waals surface area (Å²) in [5, 5.41) is 0. The van der Waals surface area contributed by atoms with Gasteiger partial charge in [0, 0.05) is 37.8 Å². The van der Waals surface area contributed by atoms with Crippen LogP contribution in [0.5, 0.6) is 0 Å². The Kier molecular flexibility index (Phi) is 5.52. The van der Waals surface area contributed by atoms with Crippen molar-refractivity contribution >= 4 is 0 Å². The Bertz CT molecular complexity index is 423. The molecule has 0 heterocycles. The van der Waals surface area contributed by atoms with Crippen molar-refractivity contribution in [3.05, 3.63) is 35.6 Å². The quantitative estimate of drug-likeness (QED) is 0.795. The summed E-state index contributed by atoms with van der Waals surface area (Å²) in [5.41, 5.74) is 6.80. The third kappa shape index (κ3) is 4.01. The van der Waals surface area contributed by atoms with Crippen LogP contribution in [0.4, 0.5) is 4.39 Å². The highest BCUT2D eigenvalue weighted by Gasteiger charge is 2.32. The van der Waals surface area contributed by atoms with Crippen molar-refractivity contribution in [3.8, 4) is 0 Å². The summed E-state index contributed by atoms with van der Waals surface area (Å²) >= 11 is 0. The van der Waals surface area contributed by atoms with Gasteiger partial charge in [-0.15, -0.1) is 0 Å². The van der Waals surface area contributed by atoms with Crippen molar-refractivity contribution in [2.45, 2.75) is 31.8 Å². The smallest absolute Gasteiger partial charge is 0.128 e. The highest BCUT2D eigenvalue weighted by Crippen LogP contribution is 2.35. The molecule has 1 saturated carbocycles. The molecule has 0 saturated heterocycles. The Morgan fingerprint density at radius 3 is 2.70 bits per heavy atom. The van der Waals surface area contributed by atoms with Crippen LogP contribution in [-0.2, 0) is 4.74 Å². The van der Waals surface area contributed by atoms with Gasteiger partial charge in [-0.1, -0.05) is 18.2 Å². The Morgan fingerprint density at radius 2 is 2.10 bits per heavy atom. The van der Waals surface area contributed by atoms with Gasteiger partial charge >= 0.3 is 0 Å². The number of nitrogens with zero attached hydrogens (tertiary/aromatic N) is 1. The van der Waals surface area contributed by atoms with E-state index in [9.17, 15) is 4.39 Å². The molecule has 112 valence electrons. The van der Waals surface area contributed by atoms with Gasteiger partial charge in [-0.2, -0.15) is 0 Å². The molecule has 2 unspecified atom stereocenters. The second kappa shape index (κ2) is 7.16. The highest BCUT2D eigenvalue weighted by atomic mass is 19.1. The fourth-order valence-corrected chi connectivity index (χ4v) is 2.67. The average molecular weight is 280 g/mol. The molecule has 0 spiro atoms. The molecular formula is C16H25FN2O. The standard InChI is InChI=1S/C16H25FN2O/c1-12(13-7-8-13)19(9-10-20-2)11-16(18)14-5-3-4-6-15(14)17/h3-6,12-13,16H,7-11,18H2,1-2H3. The van der Waals surface area contributed by atoms with E-state index in [0.717, 1.165) is 12.5 Å². The summed E-state index contributed by atoms with van der Waals surface area (Å²) in [6, 6.07) is 6.97. The molecule has 1 aromatic carbocycles. The average Bonchev–Trinajstić information content (AvgIpc) is 3.27. The zero-order valence-electron chi connectivity index (χ0n) is 12.4. The predicted octanol–water partition coefficient (Wildman–Crippen LogP) is 2.57. The summed E-state index contributed by atoms with van der Waals surface area (Å²) in [7, 11) is 1.71. The first-order chi connectivity index (χ1) is 9.63. The van der Waals surface area contributed by atoms with E-state index in [4.69, 9.17) is 10.5 Å². The van der Waals surface area contributed by atoms with E-state index in [-0.39, 0.29) is 11.9 Å². The van der Waals surface area contributed by atoms with Crippen molar-refractivity contribution in [3.63, 3.8) is 0 Å². The molecule has 1 aliphatic rings. The number of hydrogen-bond donors (Lipinski definition) is 1. The molecule has 1 fully saturated rings. The number of hydrogen-bond acceptors (Lipinski definition) is 3. The molecule has 2 N–H and O–H groups in total. The topological polar surface area (TPSA) is 38.5 Å². The van der Waals surface area contributed by atoms with E-state index in [1.54, 1.807) is 19.2 Å². The fraction of sp³-hybridized carbons (Fsp3) is 0.625. The van der Waals surface area contributed by atoms with Crippen molar-refractivity contribution in [2.24, 2.45) is 11.7 Å². The van der Waals surface area contributed by atoms with Gasteiger partial charge in [-0.3, -0.25) is 4.90 Å². The number of halogens is 1. The second-order valence-electron chi connectivity index (χ2n) is 5.69. The Balaban J connectivity index is 2.00. The predicted molar refractivity (Wildman–Crippen MR) is 79.0 cm³/mol. The van der Waals surface area contributed by atoms with Crippen LogP contribution in [0.25, 0.3) is 0 Å². The molecular weight excluding hydrogens is 255 g/mol. The highest BCUT2D eigenvalue weighted by molar-refractivity contribution is 5.21. The van der Waals surface area contributed by atoms with Gasteiger partial charge in [0.25, 0.3) is 0 Å². The Labute approximate surface area is 120 Å². The van der Waals surface area contributed by atoms with Gasteiger partial charge in [0.1, 0.15) is 5.82 Å². The molecule has 4 heteroatoms. The van der Waals surface area contributed by atoms with Crippen LogP contribution in [0.15, 0.2) is 24.3 Å². The third-order valence-corrected chi connectivity index (χ3v) is 4.20. The van der Waals surface area contributed by atoms with E-state index >= 15 is 0 Å². The van der Waals surface area contributed by atoms with Gasteiger partial charge in [-0.25, -0.2) is 4.39 Å². The number of rotatable bonds is 8. The Morgan fingerprint density at radius 1 is 1.40 bits per heavy atom. The van der Waals surface area contributed by atoms with Crippen LogP contribution in [0.3, 0.4) is 0 Å². The lowest BCUT2D eigenvalue weighted by molar-refractivity contribution is 0.111. The minimum Gasteiger partial charge on any atom is -0.383 e. The number of methoxy groups -OCH3 is 1. The number of ether oxygens (including phenoxy) is 1. The molecule has 0 bridgehead atoms. The van der Waals surface area contributed by atoms with Gasteiger partial charge in [-0.05, 0) is 31.7 Å². The first-order valence-electron chi connectivity index (χ1n) is 7.36.